The zero-order valence-electron chi connectivity index (χ0n) is 16.6. The Labute approximate surface area is 170 Å². The molecular formula is C21H19F2N5O2. The number of benzene rings is 2. The number of rotatable bonds is 5. The summed E-state index contributed by atoms with van der Waals surface area (Å²) in [7, 11) is 1.70. The summed E-state index contributed by atoms with van der Waals surface area (Å²) in [6, 6.07) is 8.89. The van der Waals surface area contributed by atoms with Crippen molar-refractivity contribution in [3.05, 3.63) is 59.9 Å². The minimum Gasteiger partial charge on any atom is -0.466 e. The van der Waals surface area contributed by atoms with E-state index in [0.29, 0.717) is 28.2 Å². The van der Waals surface area contributed by atoms with E-state index in [1.54, 1.807) is 48.4 Å². The molecule has 0 aliphatic rings. The highest BCUT2D eigenvalue weighted by atomic mass is 19.1. The molecule has 1 atom stereocenters. The van der Waals surface area contributed by atoms with Crippen LogP contribution in [0.1, 0.15) is 25.3 Å². The summed E-state index contributed by atoms with van der Waals surface area (Å²) < 4.78 is 35.4. The van der Waals surface area contributed by atoms with Gasteiger partial charge in [0.25, 0.3) is 5.78 Å². The monoisotopic (exact) mass is 411 g/mol. The molecule has 0 aliphatic carbocycles. The Morgan fingerprint density at radius 2 is 2.07 bits per heavy atom. The first-order chi connectivity index (χ1) is 14.4. The number of fused-ring (bicyclic) bond motifs is 3. The molecule has 2 heterocycles. The van der Waals surface area contributed by atoms with E-state index in [1.807, 2.05) is 0 Å². The number of carbonyl (C=O) groups excluding carboxylic acids is 1. The van der Waals surface area contributed by atoms with Crippen LogP contribution >= 0.6 is 0 Å². The van der Waals surface area contributed by atoms with E-state index < -0.39 is 23.5 Å². The van der Waals surface area contributed by atoms with Crippen molar-refractivity contribution in [3.8, 4) is 0 Å². The highest BCUT2D eigenvalue weighted by Gasteiger charge is 2.23. The van der Waals surface area contributed by atoms with Crippen LogP contribution in [0.15, 0.2) is 42.7 Å². The second-order valence-electron chi connectivity index (χ2n) is 6.84. The van der Waals surface area contributed by atoms with Crippen LogP contribution in [0, 0.1) is 11.6 Å². The number of ether oxygens (including phenoxy) is 1. The summed E-state index contributed by atoms with van der Waals surface area (Å²) in [4.78, 5) is 18.3. The van der Waals surface area contributed by atoms with Crippen molar-refractivity contribution < 1.29 is 18.3 Å². The largest absolute Gasteiger partial charge is 0.466 e. The predicted octanol–water partition coefficient (Wildman–Crippen LogP) is 3.99. The van der Waals surface area contributed by atoms with Gasteiger partial charge in [0.1, 0.15) is 23.8 Å². The van der Waals surface area contributed by atoms with E-state index in [9.17, 15) is 9.18 Å². The molecule has 7 nitrogen and oxygen atoms in total. The van der Waals surface area contributed by atoms with E-state index in [1.165, 1.54) is 24.5 Å². The Morgan fingerprint density at radius 3 is 2.80 bits per heavy atom. The maximum Gasteiger partial charge on any atom is 0.313 e. The molecule has 4 rings (SSSR count). The van der Waals surface area contributed by atoms with Crippen LogP contribution < -0.4 is 4.90 Å². The van der Waals surface area contributed by atoms with Gasteiger partial charge in [-0.3, -0.25) is 9.20 Å². The van der Waals surface area contributed by atoms with Gasteiger partial charge in [-0.1, -0.05) is 6.07 Å². The van der Waals surface area contributed by atoms with Crippen LogP contribution in [0.4, 0.5) is 20.3 Å². The summed E-state index contributed by atoms with van der Waals surface area (Å²) in [5.74, 6) is -1.59. The summed E-state index contributed by atoms with van der Waals surface area (Å²) in [6.07, 6.45) is 1.47. The molecule has 9 heteroatoms. The molecular weight excluding hydrogens is 392 g/mol. The molecule has 0 N–H and O–H groups in total. The van der Waals surface area contributed by atoms with E-state index in [4.69, 9.17) is 4.74 Å². The molecule has 0 saturated heterocycles. The Hall–Kier alpha value is -3.62. The van der Waals surface area contributed by atoms with Gasteiger partial charge in [0.05, 0.1) is 18.0 Å². The number of nitrogens with zero attached hydrogens (tertiary/aromatic N) is 5. The van der Waals surface area contributed by atoms with Crippen LogP contribution in [0.5, 0.6) is 0 Å². The minimum absolute atomic E-state index is 0.196. The standard InChI is InChI=1S/C21H19F2N5O2/c1-4-30-20(29)12(2)15-10-18-16(9-17(15)23)19(25-21-26-24-11-28(18)21)27(3)14-7-5-6-13(22)8-14/h5-12H,4H2,1-3H3. The Bertz CT molecular complexity index is 1260. The maximum atomic E-state index is 15.1. The molecule has 0 bridgehead atoms. The predicted molar refractivity (Wildman–Crippen MR) is 108 cm³/mol. The van der Waals surface area contributed by atoms with E-state index in [2.05, 4.69) is 15.2 Å². The van der Waals surface area contributed by atoms with Gasteiger partial charge in [-0.25, -0.2) is 8.78 Å². The van der Waals surface area contributed by atoms with E-state index in [0.717, 1.165) is 0 Å². The van der Waals surface area contributed by atoms with Crippen LogP contribution in [0.25, 0.3) is 16.7 Å². The third-order valence-corrected chi connectivity index (χ3v) is 4.97. The molecule has 1 unspecified atom stereocenters. The van der Waals surface area contributed by atoms with Crippen LogP contribution in [-0.4, -0.2) is 39.2 Å². The fraction of sp³-hybridized carbons (Fsp3) is 0.238. The molecule has 154 valence electrons. The van der Waals surface area contributed by atoms with Gasteiger partial charge in [-0.2, -0.15) is 4.98 Å². The Kier molecular flexibility index (Phi) is 5.03. The number of esters is 1. The number of hydrogen-bond donors (Lipinski definition) is 0. The van der Waals surface area contributed by atoms with Crippen LogP contribution in [0.2, 0.25) is 0 Å². The number of carbonyl (C=O) groups is 1. The Morgan fingerprint density at radius 1 is 1.27 bits per heavy atom. The molecule has 0 amide bonds. The first-order valence-corrected chi connectivity index (χ1v) is 9.39. The smallest absolute Gasteiger partial charge is 0.313 e. The zero-order chi connectivity index (χ0) is 21.4. The van der Waals surface area contributed by atoms with Crippen molar-refractivity contribution >= 4 is 34.2 Å². The second kappa shape index (κ2) is 7.66. The third kappa shape index (κ3) is 3.32. The van der Waals surface area contributed by atoms with Crippen molar-refractivity contribution in [2.24, 2.45) is 0 Å². The van der Waals surface area contributed by atoms with Gasteiger partial charge in [-0.05, 0) is 44.2 Å². The molecule has 2 aromatic carbocycles. The molecule has 0 fully saturated rings. The van der Waals surface area contributed by atoms with Crippen molar-refractivity contribution in [2.75, 3.05) is 18.6 Å². The van der Waals surface area contributed by atoms with E-state index >= 15 is 4.39 Å². The molecule has 0 radical (unpaired) electrons. The lowest BCUT2D eigenvalue weighted by atomic mass is 9.98. The molecule has 4 aromatic rings. The highest BCUT2D eigenvalue weighted by Crippen LogP contribution is 2.33. The van der Waals surface area contributed by atoms with Crippen molar-refractivity contribution in [1.82, 2.24) is 19.6 Å². The highest BCUT2D eigenvalue weighted by molar-refractivity contribution is 5.94. The molecule has 0 saturated carbocycles. The van der Waals surface area contributed by atoms with Crippen molar-refractivity contribution in [2.45, 2.75) is 19.8 Å². The Balaban J connectivity index is 1.94. The third-order valence-electron chi connectivity index (χ3n) is 4.97. The SMILES string of the molecule is CCOC(=O)C(C)c1cc2c(cc1F)c(N(C)c1cccc(F)c1)nc1nncn12. The van der Waals surface area contributed by atoms with Gasteiger partial charge < -0.3 is 9.64 Å². The second-order valence-corrected chi connectivity index (χ2v) is 6.84. The topological polar surface area (TPSA) is 72.6 Å². The normalized spacial score (nSPS) is 12.3. The van der Waals surface area contributed by atoms with Gasteiger partial charge in [-0.15, -0.1) is 10.2 Å². The minimum atomic E-state index is -0.793. The number of anilines is 2. The van der Waals surface area contributed by atoms with Gasteiger partial charge >= 0.3 is 5.97 Å². The van der Waals surface area contributed by atoms with Gasteiger partial charge in [0, 0.05) is 23.7 Å². The summed E-state index contributed by atoms with van der Waals surface area (Å²) in [6.45, 7) is 3.50. The van der Waals surface area contributed by atoms with Crippen LogP contribution in [0.3, 0.4) is 0 Å². The van der Waals surface area contributed by atoms with Crippen LogP contribution in [-0.2, 0) is 9.53 Å². The molecule has 0 aliphatic heterocycles. The first-order valence-electron chi connectivity index (χ1n) is 9.39. The number of hydrogen-bond acceptors (Lipinski definition) is 6. The summed E-state index contributed by atoms with van der Waals surface area (Å²) >= 11 is 0. The quantitative estimate of drug-likeness (QED) is 0.463. The van der Waals surface area contributed by atoms with E-state index in [-0.39, 0.29) is 12.2 Å². The summed E-state index contributed by atoms with van der Waals surface area (Å²) in [5.41, 5.74) is 1.30. The molecule has 0 spiro atoms. The fourth-order valence-electron chi connectivity index (χ4n) is 3.38. The average Bonchev–Trinajstić information content (AvgIpc) is 3.20. The van der Waals surface area contributed by atoms with Gasteiger partial charge in [0.2, 0.25) is 0 Å². The van der Waals surface area contributed by atoms with Gasteiger partial charge in [0.15, 0.2) is 0 Å². The lowest BCUT2D eigenvalue weighted by molar-refractivity contribution is -0.144. The first kappa shape index (κ1) is 19.7. The fourth-order valence-corrected chi connectivity index (χ4v) is 3.38. The molecule has 30 heavy (non-hydrogen) atoms. The maximum absolute atomic E-state index is 15.1. The summed E-state index contributed by atoms with van der Waals surface area (Å²) in [5, 5.41) is 8.35. The van der Waals surface area contributed by atoms with Crippen molar-refractivity contribution in [3.63, 3.8) is 0 Å². The zero-order valence-corrected chi connectivity index (χ0v) is 16.6. The lowest BCUT2D eigenvalue weighted by Gasteiger charge is -2.21. The average molecular weight is 411 g/mol. The molecule has 2 aromatic heterocycles. The number of aromatic nitrogens is 4. The number of halogens is 2. The van der Waals surface area contributed by atoms with Crippen molar-refractivity contribution in [1.29, 1.82) is 0 Å². The lowest BCUT2D eigenvalue weighted by Crippen LogP contribution is -2.16.